The van der Waals surface area contributed by atoms with Crippen LogP contribution in [-0.4, -0.2) is 23.2 Å². The van der Waals surface area contributed by atoms with Gasteiger partial charge in [-0.15, -0.1) is 0 Å². The van der Waals surface area contributed by atoms with Crippen LogP contribution in [0.2, 0.25) is 0 Å². The summed E-state index contributed by atoms with van der Waals surface area (Å²) in [6.45, 7) is 0.386. The van der Waals surface area contributed by atoms with Crippen LogP contribution < -0.4 is 5.32 Å². The van der Waals surface area contributed by atoms with Gasteiger partial charge in [0.25, 0.3) is 0 Å². The fraction of sp³-hybridized carbons (Fsp3) is 0.444. The Labute approximate surface area is 85.0 Å². The fourth-order valence-corrected chi connectivity index (χ4v) is 0.999. The van der Waals surface area contributed by atoms with Crippen LogP contribution in [0, 0.1) is 0 Å². The summed E-state index contributed by atoms with van der Waals surface area (Å²) < 4.78 is 36.8. The number of pyridine rings is 1. The van der Waals surface area contributed by atoms with E-state index in [1.54, 1.807) is 0 Å². The van der Waals surface area contributed by atoms with Crippen LogP contribution in [0.4, 0.5) is 19.0 Å². The normalized spacial score (nSPS) is 11.5. The first-order valence-electron chi connectivity index (χ1n) is 4.42. The lowest BCUT2D eigenvalue weighted by atomic mass is 10.2. The van der Waals surface area contributed by atoms with Crippen LogP contribution in [-0.2, 0) is 6.18 Å². The Hall–Kier alpha value is -1.30. The number of anilines is 1. The predicted octanol–water partition coefficient (Wildman–Crippen LogP) is 1.89. The SMILES string of the molecule is OCCCNc1cc(C(F)(F)F)ccn1. The molecule has 0 aliphatic heterocycles. The summed E-state index contributed by atoms with van der Waals surface area (Å²) in [5.74, 6) is 0.165. The maximum absolute atomic E-state index is 12.3. The molecule has 15 heavy (non-hydrogen) atoms. The molecule has 84 valence electrons. The van der Waals surface area contributed by atoms with Gasteiger partial charge in [-0.3, -0.25) is 0 Å². The zero-order valence-electron chi connectivity index (χ0n) is 7.88. The first kappa shape index (κ1) is 11.8. The van der Waals surface area contributed by atoms with E-state index in [4.69, 9.17) is 5.11 Å². The molecule has 0 radical (unpaired) electrons. The Kier molecular flexibility index (Phi) is 3.90. The van der Waals surface area contributed by atoms with Crippen LogP contribution in [0.25, 0.3) is 0 Å². The lowest BCUT2D eigenvalue weighted by molar-refractivity contribution is -0.137. The van der Waals surface area contributed by atoms with Crippen molar-refractivity contribution in [1.29, 1.82) is 0 Å². The highest BCUT2D eigenvalue weighted by atomic mass is 19.4. The second-order valence-corrected chi connectivity index (χ2v) is 2.93. The van der Waals surface area contributed by atoms with Gasteiger partial charge in [0.2, 0.25) is 0 Å². The third kappa shape index (κ3) is 3.75. The topological polar surface area (TPSA) is 45.1 Å². The van der Waals surface area contributed by atoms with Crippen molar-refractivity contribution in [3.8, 4) is 0 Å². The van der Waals surface area contributed by atoms with E-state index >= 15 is 0 Å². The summed E-state index contributed by atoms with van der Waals surface area (Å²) in [6.07, 6.45) is -2.78. The van der Waals surface area contributed by atoms with Gasteiger partial charge in [0, 0.05) is 19.3 Å². The van der Waals surface area contributed by atoms with Gasteiger partial charge in [0.05, 0.1) is 5.56 Å². The number of alkyl halides is 3. The van der Waals surface area contributed by atoms with Crippen LogP contribution in [0.15, 0.2) is 18.3 Å². The van der Waals surface area contributed by atoms with Gasteiger partial charge in [-0.1, -0.05) is 0 Å². The van der Waals surface area contributed by atoms with E-state index in [1.165, 1.54) is 0 Å². The lowest BCUT2D eigenvalue weighted by Crippen LogP contribution is -2.09. The molecule has 6 heteroatoms. The highest BCUT2D eigenvalue weighted by molar-refractivity contribution is 5.38. The van der Waals surface area contributed by atoms with Crippen molar-refractivity contribution in [2.75, 3.05) is 18.5 Å². The number of aliphatic hydroxyl groups excluding tert-OH is 1. The summed E-state index contributed by atoms with van der Waals surface area (Å²) >= 11 is 0. The molecule has 1 rings (SSSR count). The molecule has 1 aromatic heterocycles. The third-order valence-corrected chi connectivity index (χ3v) is 1.73. The zero-order chi connectivity index (χ0) is 11.3. The van der Waals surface area contributed by atoms with E-state index in [0.717, 1.165) is 18.3 Å². The molecule has 0 unspecified atom stereocenters. The molecular weight excluding hydrogens is 209 g/mol. The number of rotatable bonds is 4. The predicted molar refractivity (Wildman–Crippen MR) is 49.4 cm³/mol. The van der Waals surface area contributed by atoms with Gasteiger partial charge in [-0.25, -0.2) is 4.98 Å². The van der Waals surface area contributed by atoms with E-state index in [-0.39, 0.29) is 12.4 Å². The minimum atomic E-state index is -4.35. The van der Waals surface area contributed by atoms with Gasteiger partial charge in [-0.2, -0.15) is 13.2 Å². The Morgan fingerprint density at radius 1 is 1.40 bits per heavy atom. The summed E-state index contributed by atoms with van der Waals surface area (Å²) in [5, 5.41) is 11.2. The third-order valence-electron chi connectivity index (χ3n) is 1.73. The molecule has 0 aromatic carbocycles. The van der Waals surface area contributed by atoms with Crippen LogP contribution >= 0.6 is 0 Å². The molecule has 2 N–H and O–H groups in total. The van der Waals surface area contributed by atoms with E-state index < -0.39 is 11.7 Å². The van der Waals surface area contributed by atoms with E-state index in [9.17, 15) is 13.2 Å². The molecular formula is C9H11F3N2O. The number of nitrogens with zero attached hydrogens (tertiary/aromatic N) is 1. The minimum Gasteiger partial charge on any atom is -0.396 e. The highest BCUT2D eigenvalue weighted by Crippen LogP contribution is 2.29. The zero-order valence-corrected chi connectivity index (χ0v) is 7.88. The summed E-state index contributed by atoms with van der Waals surface area (Å²) in [7, 11) is 0. The average molecular weight is 220 g/mol. The monoisotopic (exact) mass is 220 g/mol. The highest BCUT2D eigenvalue weighted by Gasteiger charge is 2.30. The quantitative estimate of drug-likeness (QED) is 0.761. The number of nitrogens with one attached hydrogen (secondary N) is 1. The Morgan fingerprint density at radius 3 is 2.73 bits per heavy atom. The molecule has 0 saturated carbocycles. The molecule has 0 saturated heterocycles. The van der Waals surface area contributed by atoms with Gasteiger partial charge >= 0.3 is 6.18 Å². The second-order valence-electron chi connectivity index (χ2n) is 2.93. The standard InChI is InChI=1S/C9H11F3N2O/c10-9(11,12)7-2-4-14-8(6-7)13-3-1-5-15/h2,4,6,15H,1,3,5H2,(H,13,14). The number of halogens is 3. The average Bonchev–Trinajstić information content (AvgIpc) is 2.17. The van der Waals surface area contributed by atoms with E-state index in [0.29, 0.717) is 13.0 Å². The van der Waals surface area contributed by atoms with Gasteiger partial charge < -0.3 is 10.4 Å². The van der Waals surface area contributed by atoms with Crippen molar-refractivity contribution in [3.05, 3.63) is 23.9 Å². The number of hydrogen-bond acceptors (Lipinski definition) is 3. The largest absolute Gasteiger partial charge is 0.416 e. The number of aliphatic hydroxyl groups is 1. The molecule has 0 amide bonds. The molecule has 3 nitrogen and oxygen atoms in total. The van der Waals surface area contributed by atoms with Gasteiger partial charge in [0.15, 0.2) is 0 Å². The molecule has 1 aromatic rings. The molecule has 0 bridgehead atoms. The molecule has 0 atom stereocenters. The molecule has 0 spiro atoms. The fourth-order valence-electron chi connectivity index (χ4n) is 0.999. The van der Waals surface area contributed by atoms with Crippen LogP contribution in [0.1, 0.15) is 12.0 Å². The number of hydrogen-bond donors (Lipinski definition) is 2. The minimum absolute atomic E-state index is 0.00797. The van der Waals surface area contributed by atoms with E-state index in [1.807, 2.05) is 0 Å². The summed E-state index contributed by atoms with van der Waals surface area (Å²) in [5.41, 5.74) is -0.732. The van der Waals surface area contributed by atoms with Crippen molar-refractivity contribution in [3.63, 3.8) is 0 Å². The Bertz CT molecular complexity index is 314. The maximum Gasteiger partial charge on any atom is 0.416 e. The molecule has 0 aliphatic carbocycles. The first-order chi connectivity index (χ1) is 7.04. The smallest absolute Gasteiger partial charge is 0.396 e. The van der Waals surface area contributed by atoms with Crippen molar-refractivity contribution in [1.82, 2.24) is 4.98 Å². The van der Waals surface area contributed by atoms with Crippen LogP contribution in [0.3, 0.4) is 0 Å². The molecule has 0 aliphatic rings. The van der Waals surface area contributed by atoms with Crippen molar-refractivity contribution in [2.24, 2.45) is 0 Å². The summed E-state index contributed by atoms with van der Waals surface area (Å²) in [4.78, 5) is 3.73. The Balaban J connectivity index is 2.66. The maximum atomic E-state index is 12.3. The van der Waals surface area contributed by atoms with Crippen LogP contribution in [0.5, 0.6) is 0 Å². The van der Waals surface area contributed by atoms with Gasteiger partial charge in [0.1, 0.15) is 5.82 Å². The number of aromatic nitrogens is 1. The molecule has 1 heterocycles. The van der Waals surface area contributed by atoms with E-state index in [2.05, 4.69) is 10.3 Å². The molecule has 0 fully saturated rings. The summed E-state index contributed by atoms with van der Waals surface area (Å²) in [6, 6.07) is 1.86. The first-order valence-corrected chi connectivity index (χ1v) is 4.42. The Morgan fingerprint density at radius 2 is 2.13 bits per heavy atom. The van der Waals surface area contributed by atoms with Gasteiger partial charge in [-0.05, 0) is 18.6 Å². The second kappa shape index (κ2) is 4.97. The lowest BCUT2D eigenvalue weighted by Gasteiger charge is -2.09. The van der Waals surface area contributed by atoms with Crippen molar-refractivity contribution in [2.45, 2.75) is 12.6 Å². The van der Waals surface area contributed by atoms with Crippen molar-refractivity contribution >= 4 is 5.82 Å². The van der Waals surface area contributed by atoms with Crippen molar-refractivity contribution < 1.29 is 18.3 Å².